The number of nitrogens with zero attached hydrogens (tertiary/aromatic N) is 1. The van der Waals surface area contributed by atoms with E-state index in [0.717, 1.165) is 17.7 Å². The lowest BCUT2D eigenvalue weighted by Crippen LogP contribution is -2.37. The Hall–Kier alpha value is -1.17. The molecule has 0 bridgehead atoms. The van der Waals surface area contributed by atoms with Crippen molar-refractivity contribution in [2.75, 3.05) is 7.11 Å². The second kappa shape index (κ2) is 7.31. The quantitative estimate of drug-likeness (QED) is 0.573. The predicted octanol–water partition coefficient (Wildman–Crippen LogP) is 1.80. The molecule has 0 fully saturated rings. The van der Waals surface area contributed by atoms with Crippen molar-refractivity contribution in [3.05, 3.63) is 24.0 Å². The third kappa shape index (κ3) is 3.94. The molecule has 0 saturated heterocycles. The average molecular weight is 253 g/mol. The normalized spacial score (nSPS) is 14.6. The third-order valence-electron chi connectivity index (χ3n) is 2.72. The van der Waals surface area contributed by atoms with Crippen molar-refractivity contribution in [1.29, 1.82) is 0 Å². The molecular weight excluding hydrogens is 230 g/mol. The Labute approximate surface area is 109 Å². The van der Waals surface area contributed by atoms with Crippen LogP contribution in [0.4, 0.5) is 0 Å². The Bertz CT molecular complexity index is 354. The van der Waals surface area contributed by atoms with Gasteiger partial charge in [0.15, 0.2) is 0 Å². The molecule has 5 heteroatoms. The third-order valence-corrected chi connectivity index (χ3v) is 2.72. The van der Waals surface area contributed by atoms with E-state index >= 15 is 0 Å². The molecule has 0 aliphatic carbocycles. The summed E-state index contributed by atoms with van der Waals surface area (Å²) in [4.78, 5) is 4.18. The Morgan fingerprint density at radius 3 is 2.61 bits per heavy atom. The van der Waals surface area contributed by atoms with Gasteiger partial charge in [0, 0.05) is 13.3 Å². The first-order valence-corrected chi connectivity index (χ1v) is 6.22. The first-order valence-electron chi connectivity index (χ1n) is 6.22. The number of hydrogen-bond donors (Lipinski definition) is 2. The van der Waals surface area contributed by atoms with Gasteiger partial charge in [-0.3, -0.25) is 16.3 Å². The Morgan fingerprint density at radius 1 is 1.39 bits per heavy atom. The average Bonchev–Trinajstić information content (AvgIpc) is 2.35. The molecule has 2 atom stereocenters. The van der Waals surface area contributed by atoms with Crippen molar-refractivity contribution in [3.63, 3.8) is 0 Å². The molecule has 0 radical (unpaired) electrons. The molecule has 102 valence electrons. The first kappa shape index (κ1) is 14.9. The van der Waals surface area contributed by atoms with Crippen molar-refractivity contribution < 1.29 is 9.47 Å². The molecule has 3 N–H and O–H groups in total. The number of nitrogens with two attached hydrogens (primary N) is 1. The Morgan fingerprint density at radius 2 is 2.11 bits per heavy atom. The van der Waals surface area contributed by atoms with E-state index in [1.807, 2.05) is 19.9 Å². The smallest absolute Gasteiger partial charge is 0.138 e. The van der Waals surface area contributed by atoms with Crippen LogP contribution in [0.2, 0.25) is 0 Å². The van der Waals surface area contributed by atoms with Gasteiger partial charge >= 0.3 is 0 Å². The van der Waals surface area contributed by atoms with Crippen LogP contribution in [0.3, 0.4) is 0 Å². The standard InChI is InChI=1S/C13H23N3O2/c1-5-12(17-4)13(16-14)10-6-11(8-15-7-10)18-9(2)3/h6-9,12-13,16H,5,14H2,1-4H3. The molecule has 5 nitrogen and oxygen atoms in total. The molecule has 2 unspecified atom stereocenters. The summed E-state index contributed by atoms with van der Waals surface area (Å²) in [6, 6.07) is 1.85. The van der Waals surface area contributed by atoms with Crippen LogP contribution >= 0.6 is 0 Å². The summed E-state index contributed by atoms with van der Waals surface area (Å²) in [7, 11) is 1.68. The van der Waals surface area contributed by atoms with Crippen LogP contribution in [-0.2, 0) is 4.74 Å². The van der Waals surface area contributed by atoms with Gasteiger partial charge in [-0.2, -0.15) is 0 Å². The van der Waals surface area contributed by atoms with E-state index in [1.54, 1.807) is 19.5 Å². The molecule has 1 aromatic heterocycles. The summed E-state index contributed by atoms with van der Waals surface area (Å²) < 4.78 is 11.0. The molecule has 0 aliphatic heterocycles. The molecule has 1 heterocycles. The SMILES string of the molecule is CCC(OC)C(NN)c1cncc(OC(C)C)c1. The fourth-order valence-electron chi connectivity index (χ4n) is 1.90. The number of nitrogens with one attached hydrogen (secondary N) is 1. The maximum absolute atomic E-state index is 5.62. The van der Waals surface area contributed by atoms with Gasteiger partial charge < -0.3 is 9.47 Å². The minimum Gasteiger partial charge on any atom is -0.489 e. The highest BCUT2D eigenvalue weighted by molar-refractivity contribution is 5.26. The van der Waals surface area contributed by atoms with Crippen LogP contribution in [-0.4, -0.2) is 24.3 Å². The summed E-state index contributed by atoms with van der Waals surface area (Å²) in [5, 5.41) is 0. The zero-order valence-corrected chi connectivity index (χ0v) is 11.5. The number of aromatic nitrogens is 1. The molecule has 0 aliphatic rings. The van der Waals surface area contributed by atoms with E-state index in [1.165, 1.54) is 0 Å². The zero-order chi connectivity index (χ0) is 13.5. The minimum absolute atomic E-state index is 0.00565. The van der Waals surface area contributed by atoms with Gasteiger partial charge in [-0.25, -0.2) is 0 Å². The topological polar surface area (TPSA) is 69.4 Å². The van der Waals surface area contributed by atoms with Crippen LogP contribution in [0.5, 0.6) is 5.75 Å². The first-order chi connectivity index (χ1) is 8.62. The number of rotatable bonds is 7. The van der Waals surface area contributed by atoms with Crippen LogP contribution in [0.15, 0.2) is 18.5 Å². The van der Waals surface area contributed by atoms with Crippen LogP contribution in [0.1, 0.15) is 38.8 Å². The number of hydrazine groups is 1. The van der Waals surface area contributed by atoms with E-state index in [-0.39, 0.29) is 18.2 Å². The zero-order valence-electron chi connectivity index (χ0n) is 11.5. The highest BCUT2D eigenvalue weighted by atomic mass is 16.5. The maximum Gasteiger partial charge on any atom is 0.138 e. The maximum atomic E-state index is 5.62. The van der Waals surface area contributed by atoms with Crippen molar-refractivity contribution in [1.82, 2.24) is 10.4 Å². The van der Waals surface area contributed by atoms with Gasteiger partial charge in [0.25, 0.3) is 0 Å². The van der Waals surface area contributed by atoms with Gasteiger partial charge in [0.05, 0.1) is 24.4 Å². The molecule has 1 rings (SSSR count). The summed E-state index contributed by atoms with van der Waals surface area (Å²) in [6.45, 7) is 6.02. The lowest BCUT2D eigenvalue weighted by atomic mass is 10.0. The predicted molar refractivity (Wildman–Crippen MR) is 71.2 cm³/mol. The Balaban J connectivity index is 2.91. The molecular formula is C13H23N3O2. The van der Waals surface area contributed by atoms with Crippen molar-refractivity contribution in [2.45, 2.75) is 45.4 Å². The molecule has 0 spiro atoms. The molecule has 0 saturated carbocycles. The summed E-state index contributed by atoms with van der Waals surface area (Å²) in [5.74, 6) is 6.35. The van der Waals surface area contributed by atoms with Gasteiger partial charge in [0.1, 0.15) is 5.75 Å². The van der Waals surface area contributed by atoms with Crippen LogP contribution in [0, 0.1) is 0 Å². The van der Waals surface area contributed by atoms with E-state index in [9.17, 15) is 0 Å². The highest BCUT2D eigenvalue weighted by Crippen LogP contribution is 2.23. The minimum atomic E-state index is -0.0942. The van der Waals surface area contributed by atoms with Crippen molar-refractivity contribution in [2.24, 2.45) is 5.84 Å². The van der Waals surface area contributed by atoms with Gasteiger partial charge in [-0.1, -0.05) is 6.92 Å². The van der Waals surface area contributed by atoms with Crippen LogP contribution < -0.4 is 16.0 Å². The Kier molecular flexibility index (Phi) is 6.04. The lowest BCUT2D eigenvalue weighted by molar-refractivity contribution is 0.0649. The second-order valence-corrected chi connectivity index (χ2v) is 4.45. The molecule has 1 aromatic rings. The van der Waals surface area contributed by atoms with Gasteiger partial charge in [-0.05, 0) is 31.9 Å². The van der Waals surface area contributed by atoms with Gasteiger partial charge in [-0.15, -0.1) is 0 Å². The number of methoxy groups -OCH3 is 1. The van der Waals surface area contributed by atoms with E-state index < -0.39 is 0 Å². The van der Waals surface area contributed by atoms with Crippen molar-refractivity contribution >= 4 is 0 Å². The molecule has 18 heavy (non-hydrogen) atoms. The fraction of sp³-hybridized carbons (Fsp3) is 0.615. The lowest BCUT2D eigenvalue weighted by Gasteiger charge is -2.24. The highest BCUT2D eigenvalue weighted by Gasteiger charge is 2.21. The number of pyridine rings is 1. The monoisotopic (exact) mass is 253 g/mol. The van der Waals surface area contributed by atoms with Crippen LogP contribution in [0.25, 0.3) is 0 Å². The summed E-state index contributed by atoms with van der Waals surface area (Å²) >= 11 is 0. The van der Waals surface area contributed by atoms with E-state index in [0.29, 0.717) is 0 Å². The largest absolute Gasteiger partial charge is 0.489 e. The van der Waals surface area contributed by atoms with E-state index in [2.05, 4.69) is 17.3 Å². The second-order valence-electron chi connectivity index (χ2n) is 4.45. The number of hydrogen-bond acceptors (Lipinski definition) is 5. The fourth-order valence-corrected chi connectivity index (χ4v) is 1.90. The summed E-state index contributed by atoms with van der Waals surface area (Å²) in [5.41, 5.74) is 3.74. The summed E-state index contributed by atoms with van der Waals surface area (Å²) in [6.07, 6.45) is 4.46. The van der Waals surface area contributed by atoms with Gasteiger partial charge in [0.2, 0.25) is 0 Å². The molecule has 0 aromatic carbocycles. The number of ether oxygens (including phenoxy) is 2. The van der Waals surface area contributed by atoms with E-state index in [4.69, 9.17) is 15.3 Å². The van der Waals surface area contributed by atoms with Crippen molar-refractivity contribution in [3.8, 4) is 5.75 Å². The molecule has 0 amide bonds.